The van der Waals surface area contributed by atoms with Gasteiger partial charge >= 0.3 is 0 Å². The summed E-state index contributed by atoms with van der Waals surface area (Å²) in [6.07, 6.45) is 0.416. The van der Waals surface area contributed by atoms with Gasteiger partial charge in [0.25, 0.3) is 0 Å². The fourth-order valence-corrected chi connectivity index (χ4v) is 2.28. The van der Waals surface area contributed by atoms with E-state index in [4.69, 9.17) is 9.47 Å². The number of carbonyl (C=O) groups is 1. The zero-order valence-corrected chi connectivity index (χ0v) is 13.1. The Morgan fingerprint density at radius 2 is 1.82 bits per heavy atom. The molecule has 0 radical (unpaired) electrons. The Balaban J connectivity index is 2.03. The molecule has 1 unspecified atom stereocenters. The average Bonchev–Trinajstić information content (AvgIpc) is 2.55. The van der Waals surface area contributed by atoms with Gasteiger partial charge in [-0.05, 0) is 23.6 Å². The zero-order valence-electron chi connectivity index (χ0n) is 13.1. The molecule has 2 rings (SSSR count). The summed E-state index contributed by atoms with van der Waals surface area (Å²) in [5, 5.41) is 2.89. The SMILES string of the molecule is COc1ccc(NC(=O)CC(C)c2ccccc2)c(OC)c1. The number of amides is 1. The molecule has 0 aliphatic carbocycles. The van der Waals surface area contributed by atoms with Crippen LogP contribution in [0, 0.1) is 0 Å². The third-order valence-corrected chi connectivity index (χ3v) is 3.54. The number of ether oxygens (including phenoxy) is 2. The first-order valence-electron chi connectivity index (χ1n) is 7.21. The van der Waals surface area contributed by atoms with Gasteiger partial charge in [0.1, 0.15) is 11.5 Å². The third kappa shape index (κ3) is 4.01. The summed E-state index contributed by atoms with van der Waals surface area (Å²) in [6, 6.07) is 15.3. The maximum Gasteiger partial charge on any atom is 0.225 e. The molecule has 1 atom stereocenters. The van der Waals surface area contributed by atoms with Gasteiger partial charge in [0.2, 0.25) is 5.91 Å². The molecule has 0 saturated carbocycles. The highest BCUT2D eigenvalue weighted by molar-refractivity contribution is 5.92. The van der Waals surface area contributed by atoms with E-state index in [9.17, 15) is 4.79 Å². The Bertz CT molecular complexity index is 625. The molecule has 0 heterocycles. The number of hydrogen-bond acceptors (Lipinski definition) is 3. The molecular weight excluding hydrogens is 278 g/mol. The Hall–Kier alpha value is -2.49. The van der Waals surface area contributed by atoms with E-state index >= 15 is 0 Å². The van der Waals surface area contributed by atoms with Gasteiger partial charge in [0.15, 0.2) is 0 Å². The molecule has 2 aromatic carbocycles. The molecule has 116 valence electrons. The monoisotopic (exact) mass is 299 g/mol. The lowest BCUT2D eigenvalue weighted by molar-refractivity contribution is -0.116. The first kappa shape index (κ1) is 15.9. The lowest BCUT2D eigenvalue weighted by atomic mass is 9.97. The highest BCUT2D eigenvalue weighted by Crippen LogP contribution is 2.29. The smallest absolute Gasteiger partial charge is 0.225 e. The zero-order chi connectivity index (χ0) is 15.9. The second-order valence-electron chi connectivity index (χ2n) is 5.13. The second-order valence-corrected chi connectivity index (χ2v) is 5.13. The van der Waals surface area contributed by atoms with Crippen molar-refractivity contribution in [1.82, 2.24) is 0 Å². The molecule has 0 spiro atoms. The molecule has 1 N–H and O–H groups in total. The van der Waals surface area contributed by atoms with Crippen LogP contribution in [0.1, 0.15) is 24.8 Å². The molecule has 0 aliphatic heterocycles. The van der Waals surface area contributed by atoms with E-state index in [0.29, 0.717) is 23.6 Å². The van der Waals surface area contributed by atoms with Crippen LogP contribution in [0.2, 0.25) is 0 Å². The van der Waals surface area contributed by atoms with Crippen molar-refractivity contribution in [2.45, 2.75) is 19.3 Å². The predicted octanol–water partition coefficient (Wildman–Crippen LogP) is 3.84. The van der Waals surface area contributed by atoms with Crippen molar-refractivity contribution in [1.29, 1.82) is 0 Å². The molecule has 0 aromatic heterocycles. The Labute approximate surface area is 131 Å². The van der Waals surface area contributed by atoms with Gasteiger partial charge in [-0.1, -0.05) is 37.3 Å². The van der Waals surface area contributed by atoms with E-state index < -0.39 is 0 Å². The van der Waals surface area contributed by atoms with Gasteiger partial charge in [-0.25, -0.2) is 0 Å². The van der Waals surface area contributed by atoms with Crippen LogP contribution < -0.4 is 14.8 Å². The Morgan fingerprint density at radius 3 is 2.45 bits per heavy atom. The van der Waals surface area contributed by atoms with Gasteiger partial charge in [-0.2, -0.15) is 0 Å². The Kier molecular flexibility index (Phi) is 5.42. The topological polar surface area (TPSA) is 47.6 Å². The quantitative estimate of drug-likeness (QED) is 0.881. The largest absolute Gasteiger partial charge is 0.497 e. The van der Waals surface area contributed by atoms with Crippen molar-refractivity contribution < 1.29 is 14.3 Å². The van der Waals surface area contributed by atoms with Gasteiger partial charge < -0.3 is 14.8 Å². The third-order valence-electron chi connectivity index (χ3n) is 3.54. The summed E-state index contributed by atoms with van der Waals surface area (Å²) < 4.78 is 10.4. The second kappa shape index (κ2) is 7.50. The van der Waals surface area contributed by atoms with Crippen molar-refractivity contribution in [3.63, 3.8) is 0 Å². The van der Waals surface area contributed by atoms with E-state index in [-0.39, 0.29) is 11.8 Å². The van der Waals surface area contributed by atoms with Crippen LogP contribution in [0.3, 0.4) is 0 Å². The molecule has 2 aromatic rings. The number of rotatable bonds is 6. The molecule has 22 heavy (non-hydrogen) atoms. The molecule has 0 fully saturated rings. The lowest BCUT2D eigenvalue weighted by Gasteiger charge is -2.14. The summed E-state index contributed by atoms with van der Waals surface area (Å²) in [5.74, 6) is 1.39. The van der Waals surface area contributed by atoms with Crippen molar-refractivity contribution in [3.05, 3.63) is 54.1 Å². The van der Waals surface area contributed by atoms with Crippen LogP contribution in [0.15, 0.2) is 48.5 Å². The number of methoxy groups -OCH3 is 2. The first-order valence-corrected chi connectivity index (χ1v) is 7.21. The molecule has 4 heteroatoms. The molecule has 4 nitrogen and oxygen atoms in total. The molecule has 0 bridgehead atoms. The van der Waals surface area contributed by atoms with E-state index in [1.165, 1.54) is 0 Å². The molecule has 0 aliphatic rings. The van der Waals surface area contributed by atoms with Crippen molar-refractivity contribution in [2.24, 2.45) is 0 Å². The highest BCUT2D eigenvalue weighted by Gasteiger charge is 2.13. The predicted molar refractivity (Wildman–Crippen MR) is 87.6 cm³/mol. The molecule has 1 amide bonds. The normalized spacial score (nSPS) is 11.6. The van der Waals surface area contributed by atoms with Gasteiger partial charge in [-0.15, -0.1) is 0 Å². The summed E-state index contributed by atoms with van der Waals surface area (Å²) in [5.41, 5.74) is 1.80. The standard InChI is InChI=1S/C18H21NO3/c1-13(14-7-5-4-6-8-14)11-18(20)19-16-10-9-15(21-2)12-17(16)22-3/h4-10,12-13H,11H2,1-3H3,(H,19,20). The van der Waals surface area contributed by atoms with Crippen LogP contribution in [-0.2, 0) is 4.79 Å². The van der Waals surface area contributed by atoms with E-state index in [1.54, 1.807) is 32.4 Å². The summed E-state index contributed by atoms with van der Waals surface area (Å²) in [6.45, 7) is 2.04. The number of benzene rings is 2. The Morgan fingerprint density at radius 1 is 1.09 bits per heavy atom. The number of anilines is 1. The minimum absolute atomic E-state index is 0.0418. The van der Waals surface area contributed by atoms with E-state index in [0.717, 1.165) is 5.56 Å². The maximum absolute atomic E-state index is 12.2. The van der Waals surface area contributed by atoms with Gasteiger partial charge in [-0.3, -0.25) is 4.79 Å². The summed E-state index contributed by atoms with van der Waals surface area (Å²) >= 11 is 0. The van der Waals surface area contributed by atoms with Crippen LogP contribution in [-0.4, -0.2) is 20.1 Å². The van der Waals surface area contributed by atoms with Crippen LogP contribution >= 0.6 is 0 Å². The minimum Gasteiger partial charge on any atom is -0.497 e. The summed E-state index contributed by atoms with van der Waals surface area (Å²) in [4.78, 5) is 12.2. The lowest BCUT2D eigenvalue weighted by Crippen LogP contribution is -2.15. The van der Waals surface area contributed by atoms with Crippen molar-refractivity contribution in [2.75, 3.05) is 19.5 Å². The fraction of sp³-hybridized carbons (Fsp3) is 0.278. The molecule has 0 saturated heterocycles. The van der Waals surface area contributed by atoms with E-state index in [1.807, 2.05) is 37.3 Å². The highest BCUT2D eigenvalue weighted by atomic mass is 16.5. The van der Waals surface area contributed by atoms with E-state index in [2.05, 4.69) is 5.32 Å². The maximum atomic E-state index is 12.2. The van der Waals surface area contributed by atoms with Gasteiger partial charge in [0, 0.05) is 12.5 Å². The number of nitrogens with one attached hydrogen (secondary N) is 1. The summed E-state index contributed by atoms with van der Waals surface area (Å²) in [7, 11) is 3.16. The van der Waals surface area contributed by atoms with Crippen LogP contribution in [0.25, 0.3) is 0 Å². The first-order chi connectivity index (χ1) is 10.6. The molecular formula is C18H21NO3. The van der Waals surface area contributed by atoms with Crippen molar-refractivity contribution in [3.8, 4) is 11.5 Å². The number of hydrogen-bond donors (Lipinski definition) is 1. The average molecular weight is 299 g/mol. The van der Waals surface area contributed by atoms with Crippen LogP contribution in [0.4, 0.5) is 5.69 Å². The van der Waals surface area contributed by atoms with Crippen LogP contribution in [0.5, 0.6) is 11.5 Å². The minimum atomic E-state index is -0.0418. The van der Waals surface area contributed by atoms with Gasteiger partial charge in [0.05, 0.1) is 19.9 Å². The van der Waals surface area contributed by atoms with Crippen molar-refractivity contribution >= 4 is 11.6 Å². The number of carbonyl (C=O) groups excluding carboxylic acids is 1. The fourth-order valence-electron chi connectivity index (χ4n) is 2.28.